The highest BCUT2D eigenvalue weighted by molar-refractivity contribution is 7.99. The number of anilines is 1. The molecular formula is C10H11NO2S. The molecule has 1 aliphatic rings. The molecule has 1 atom stereocenters. The van der Waals surface area contributed by atoms with Gasteiger partial charge in [0, 0.05) is 16.6 Å². The molecule has 0 bridgehead atoms. The van der Waals surface area contributed by atoms with Gasteiger partial charge in [0.15, 0.2) is 0 Å². The number of thioether (sulfide) groups is 1. The van der Waals surface area contributed by atoms with Gasteiger partial charge in [-0.15, -0.1) is 11.8 Å². The summed E-state index contributed by atoms with van der Waals surface area (Å²) in [5.41, 5.74) is 0.794. The van der Waals surface area contributed by atoms with Crippen LogP contribution in [0.2, 0.25) is 0 Å². The molecule has 0 saturated carbocycles. The van der Waals surface area contributed by atoms with E-state index in [1.54, 1.807) is 30.0 Å². The lowest BCUT2D eigenvalue weighted by molar-refractivity contribution is -0.118. The quantitative estimate of drug-likeness (QED) is 0.643. The van der Waals surface area contributed by atoms with Crippen LogP contribution in [0.5, 0.6) is 5.75 Å². The molecule has 1 aromatic carbocycles. The molecule has 1 aliphatic heterocycles. The molecule has 1 amide bonds. The van der Waals surface area contributed by atoms with E-state index in [2.05, 4.69) is 5.32 Å². The number of benzene rings is 1. The maximum absolute atomic E-state index is 11.5. The summed E-state index contributed by atoms with van der Waals surface area (Å²) in [4.78, 5) is 12.4. The summed E-state index contributed by atoms with van der Waals surface area (Å²) >= 11 is 1.59. The molecule has 3 nitrogen and oxygen atoms in total. The molecule has 0 aromatic heterocycles. The van der Waals surface area contributed by atoms with Gasteiger partial charge in [0.2, 0.25) is 5.91 Å². The number of rotatable bonds is 0. The molecule has 1 unspecified atom stereocenters. The van der Waals surface area contributed by atoms with Gasteiger partial charge in [-0.1, -0.05) is 6.92 Å². The first kappa shape index (κ1) is 9.40. The highest BCUT2D eigenvalue weighted by Crippen LogP contribution is 2.34. The Hall–Kier alpha value is -1.16. The maximum Gasteiger partial charge on any atom is 0.228 e. The number of aromatic hydroxyl groups is 1. The molecule has 2 N–H and O–H groups in total. The number of phenols is 1. The second-order valence-corrected chi connectivity index (χ2v) is 4.44. The number of carbonyl (C=O) groups is 1. The molecule has 0 fully saturated rings. The van der Waals surface area contributed by atoms with E-state index in [1.165, 1.54) is 0 Å². The fourth-order valence-electron chi connectivity index (χ4n) is 1.28. The monoisotopic (exact) mass is 209 g/mol. The smallest absolute Gasteiger partial charge is 0.228 e. The Balaban J connectivity index is 2.37. The third-order valence-corrected chi connectivity index (χ3v) is 3.47. The van der Waals surface area contributed by atoms with Gasteiger partial charge in [-0.25, -0.2) is 0 Å². The Labute approximate surface area is 86.5 Å². The van der Waals surface area contributed by atoms with Crippen molar-refractivity contribution in [2.24, 2.45) is 5.92 Å². The average molecular weight is 209 g/mol. The van der Waals surface area contributed by atoms with Crippen molar-refractivity contribution in [3.63, 3.8) is 0 Å². The molecular weight excluding hydrogens is 198 g/mol. The fourth-order valence-corrected chi connectivity index (χ4v) is 2.34. The minimum Gasteiger partial charge on any atom is -0.508 e. The molecule has 0 spiro atoms. The predicted molar refractivity (Wildman–Crippen MR) is 56.6 cm³/mol. The van der Waals surface area contributed by atoms with Gasteiger partial charge in [-0.2, -0.15) is 0 Å². The number of hydrogen-bond donors (Lipinski definition) is 2. The Morgan fingerprint density at radius 3 is 3.14 bits per heavy atom. The van der Waals surface area contributed by atoms with Crippen LogP contribution in [0.1, 0.15) is 6.92 Å². The zero-order chi connectivity index (χ0) is 10.1. The van der Waals surface area contributed by atoms with Crippen LogP contribution in [0.3, 0.4) is 0 Å². The molecule has 74 valence electrons. The van der Waals surface area contributed by atoms with Crippen LogP contribution in [-0.4, -0.2) is 16.8 Å². The van der Waals surface area contributed by atoms with Crippen LogP contribution in [0, 0.1) is 5.92 Å². The van der Waals surface area contributed by atoms with E-state index in [0.29, 0.717) is 0 Å². The van der Waals surface area contributed by atoms with E-state index in [-0.39, 0.29) is 17.6 Å². The second kappa shape index (κ2) is 3.53. The minimum absolute atomic E-state index is 0.00884. The predicted octanol–water partition coefficient (Wildman–Crippen LogP) is 2.07. The summed E-state index contributed by atoms with van der Waals surface area (Å²) in [6, 6.07) is 4.99. The van der Waals surface area contributed by atoms with Crippen molar-refractivity contribution in [1.29, 1.82) is 0 Å². The van der Waals surface area contributed by atoms with Crippen molar-refractivity contribution in [2.45, 2.75) is 11.8 Å². The van der Waals surface area contributed by atoms with E-state index < -0.39 is 0 Å². The van der Waals surface area contributed by atoms with Crippen LogP contribution in [0.15, 0.2) is 23.1 Å². The van der Waals surface area contributed by atoms with Crippen molar-refractivity contribution in [2.75, 3.05) is 11.1 Å². The largest absolute Gasteiger partial charge is 0.508 e. The Kier molecular flexibility index (Phi) is 2.37. The van der Waals surface area contributed by atoms with Crippen molar-refractivity contribution >= 4 is 23.4 Å². The van der Waals surface area contributed by atoms with E-state index >= 15 is 0 Å². The fraction of sp³-hybridized carbons (Fsp3) is 0.300. The van der Waals surface area contributed by atoms with Crippen LogP contribution in [0.4, 0.5) is 5.69 Å². The molecule has 0 radical (unpaired) electrons. The molecule has 0 aliphatic carbocycles. The zero-order valence-corrected chi connectivity index (χ0v) is 8.60. The summed E-state index contributed by atoms with van der Waals surface area (Å²) in [6.45, 7) is 1.90. The summed E-state index contributed by atoms with van der Waals surface area (Å²) in [7, 11) is 0. The Morgan fingerprint density at radius 2 is 2.36 bits per heavy atom. The van der Waals surface area contributed by atoms with E-state index in [4.69, 9.17) is 0 Å². The Morgan fingerprint density at radius 1 is 1.57 bits per heavy atom. The molecule has 14 heavy (non-hydrogen) atoms. The van der Waals surface area contributed by atoms with Crippen molar-refractivity contribution in [3.8, 4) is 5.75 Å². The molecule has 4 heteroatoms. The van der Waals surface area contributed by atoms with Crippen molar-refractivity contribution in [3.05, 3.63) is 18.2 Å². The van der Waals surface area contributed by atoms with Gasteiger partial charge in [0.1, 0.15) is 5.75 Å². The SMILES string of the molecule is CC1CSc2cc(O)ccc2NC1=O. The van der Waals surface area contributed by atoms with E-state index in [1.807, 2.05) is 6.92 Å². The van der Waals surface area contributed by atoms with Crippen molar-refractivity contribution in [1.82, 2.24) is 0 Å². The summed E-state index contributed by atoms with van der Waals surface area (Å²) in [6.07, 6.45) is 0. The highest BCUT2D eigenvalue weighted by atomic mass is 32.2. The first-order valence-electron chi connectivity index (χ1n) is 4.43. The lowest BCUT2D eigenvalue weighted by Gasteiger charge is -2.06. The molecule has 1 heterocycles. The van der Waals surface area contributed by atoms with Crippen LogP contribution in [0.25, 0.3) is 0 Å². The topological polar surface area (TPSA) is 49.3 Å². The third kappa shape index (κ3) is 1.70. The van der Waals surface area contributed by atoms with Gasteiger partial charge >= 0.3 is 0 Å². The normalized spacial score (nSPS) is 20.9. The van der Waals surface area contributed by atoms with Crippen LogP contribution >= 0.6 is 11.8 Å². The summed E-state index contributed by atoms with van der Waals surface area (Å²) < 4.78 is 0. The van der Waals surface area contributed by atoms with Gasteiger partial charge < -0.3 is 10.4 Å². The van der Waals surface area contributed by atoms with E-state index in [9.17, 15) is 9.90 Å². The molecule has 0 saturated heterocycles. The first-order chi connectivity index (χ1) is 6.66. The number of hydrogen-bond acceptors (Lipinski definition) is 3. The van der Waals surface area contributed by atoms with Crippen LogP contribution in [-0.2, 0) is 4.79 Å². The maximum atomic E-state index is 11.5. The zero-order valence-electron chi connectivity index (χ0n) is 7.78. The number of phenolic OH excluding ortho intramolecular Hbond substituents is 1. The minimum atomic E-state index is 0.00884. The average Bonchev–Trinajstić information content (AvgIpc) is 2.29. The lowest BCUT2D eigenvalue weighted by atomic mass is 10.2. The van der Waals surface area contributed by atoms with Crippen molar-refractivity contribution < 1.29 is 9.90 Å². The number of carbonyl (C=O) groups excluding carboxylic acids is 1. The molecule has 1 aromatic rings. The highest BCUT2D eigenvalue weighted by Gasteiger charge is 2.19. The van der Waals surface area contributed by atoms with Gasteiger partial charge in [-0.05, 0) is 18.2 Å². The first-order valence-corrected chi connectivity index (χ1v) is 5.42. The van der Waals surface area contributed by atoms with Gasteiger partial charge in [0.25, 0.3) is 0 Å². The Bertz CT molecular complexity index is 378. The van der Waals surface area contributed by atoms with Gasteiger partial charge in [0.05, 0.1) is 5.69 Å². The number of amides is 1. The third-order valence-electron chi connectivity index (χ3n) is 2.16. The molecule has 2 rings (SSSR count). The summed E-state index contributed by atoms with van der Waals surface area (Å²) in [5.74, 6) is 1.04. The summed E-state index contributed by atoms with van der Waals surface area (Å²) in [5, 5.41) is 12.1. The van der Waals surface area contributed by atoms with Crippen LogP contribution < -0.4 is 5.32 Å². The lowest BCUT2D eigenvalue weighted by Crippen LogP contribution is -2.19. The number of nitrogens with one attached hydrogen (secondary N) is 1. The number of fused-ring (bicyclic) bond motifs is 1. The van der Waals surface area contributed by atoms with E-state index in [0.717, 1.165) is 16.3 Å². The second-order valence-electron chi connectivity index (χ2n) is 3.38. The standard InChI is InChI=1S/C10H11NO2S/c1-6-5-14-9-4-7(12)2-3-8(9)11-10(6)13/h2-4,6,12H,5H2,1H3,(H,11,13). The van der Waals surface area contributed by atoms with Gasteiger partial charge in [-0.3, -0.25) is 4.79 Å².